The zero-order chi connectivity index (χ0) is 16.7. The molecular weight excluding hydrogens is 303 g/mol. The lowest BCUT2D eigenvalue weighted by molar-refractivity contribution is -0.136. The fourth-order valence-electron chi connectivity index (χ4n) is 1.88. The maximum Gasteiger partial charge on any atom is 0.314 e. The largest absolute Gasteiger partial charge is 0.481 e. The number of carbonyl (C=O) groups excluding carboxylic acids is 1. The molecule has 0 bridgehead atoms. The van der Waals surface area contributed by atoms with Gasteiger partial charge in [0.05, 0.1) is 17.8 Å². The second-order valence-corrected chi connectivity index (χ2v) is 4.80. The summed E-state index contributed by atoms with van der Waals surface area (Å²) in [5.74, 6) is -1.27. The molecule has 1 aromatic heterocycles. The van der Waals surface area contributed by atoms with Crippen molar-refractivity contribution in [2.45, 2.75) is 12.8 Å². The molecule has 2 rings (SSSR count). The van der Waals surface area contributed by atoms with Crippen LogP contribution in [0.15, 0.2) is 36.5 Å². The molecule has 0 fully saturated rings. The highest BCUT2D eigenvalue weighted by Gasteiger charge is 2.04. The number of carboxylic acids is 1. The fraction of sp³-hybridized carbons (Fsp3) is 0.267. The summed E-state index contributed by atoms with van der Waals surface area (Å²) in [7, 11) is 0. The Kier molecular flexibility index (Phi) is 5.67. The molecule has 1 aromatic carbocycles. The van der Waals surface area contributed by atoms with E-state index in [4.69, 9.17) is 5.11 Å². The third-order valence-electron chi connectivity index (χ3n) is 3.03. The second kappa shape index (κ2) is 7.92. The number of carbonyl (C=O) groups is 2. The highest BCUT2D eigenvalue weighted by molar-refractivity contribution is 5.74. The van der Waals surface area contributed by atoms with Crippen LogP contribution in [0.1, 0.15) is 12.1 Å². The van der Waals surface area contributed by atoms with Crippen LogP contribution in [0.2, 0.25) is 0 Å². The van der Waals surface area contributed by atoms with Crippen molar-refractivity contribution in [2.75, 3.05) is 13.1 Å². The minimum atomic E-state index is -0.961. The molecule has 0 spiro atoms. The zero-order valence-electron chi connectivity index (χ0n) is 12.3. The van der Waals surface area contributed by atoms with Gasteiger partial charge in [0, 0.05) is 25.7 Å². The predicted molar refractivity (Wildman–Crippen MR) is 80.9 cm³/mol. The molecule has 3 N–H and O–H groups in total. The Bertz CT molecular complexity index is 670. The summed E-state index contributed by atoms with van der Waals surface area (Å²) in [5.41, 5.74) is 1.53. The van der Waals surface area contributed by atoms with E-state index in [1.165, 1.54) is 12.1 Å². The van der Waals surface area contributed by atoms with Crippen LogP contribution in [0.3, 0.4) is 0 Å². The SMILES string of the molecule is O=C(O)CCNC(=O)NCCc1ccn(-c2ccc(F)cc2)n1. The zero-order valence-corrected chi connectivity index (χ0v) is 12.3. The lowest BCUT2D eigenvalue weighted by Crippen LogP contribution is -2.37. The average molecular weight is 320 g/mol. The van der Waals surface area contributed by atoms with Crippen LogP contribution in [0.4, 0.5) is 9.18 Å². The van der Waals surface area contributed by atoms with Crippen LogP contribution in [-0.2, 0) is 11.2 Å². The number of nitrogens with zero attached hydrogens (tertiary/aromatic N) is 2. The van der Waals surface area contributed by atoms with Gasteiger partial charge in [-0.1, -0.05) is 0 Å². The molecule has 0 saturated heterocycles. The Morgan fingerprint density at radius 2 is 1.83 bits per heavy atom. The van der Waals surface area contributed by atoms with Crippen molar-refractivity contribution in [3.8, 4) is 5.69 Å². The van der Waals surface area contributed by atoms with E-state index in [-0.39, 0.29) is 18.8 Å². The Balaban J connectivity index is 1.75. The van der Waals surface area contributed by atoms with E-state index in [1.54, 1.807) is 23.0 Å². The number of benzene rings is 1. The molecule has 1 heterocycles. The third kappa shape index (κ3) is 5.42. The summed E-state index contributed by atoms with van der Waals surface area (Å²) in [4.78, 5) is 21.7. The number of halogens is 1. The fourth-order valence-corrected chi connectivity index (χ4v) is 1.88. The highest BCUT2D eigenvalue weighted by atomic mass is 19.1. The van der Waals surface area contributed by atoms with Crippen LogP contribution >= 0.6 is 0 Å². The minimum Gasteiger partial charge on any atom is -0.481 e. The maximum atomic E-state index is 12.9. The third-order valence-corrected chi connectivity index (χ3v) is 3.03. The number of urea groups is 1. The van der Waals surface area contributed by atoms with Crippen molar-refractivity contribution in [3.05, 3.63) is 48.0 Å². The summed E-state index contributed by atoms with van der Waals surface area (Å²) < 4.78 is 14.5. The molecule has 7 nitrogen and oxygen atoms in total. The summed E-state index contributed by atoms with van der Waals surface area (Å²) in [6, 6.07) is 7.37. The minimum absolute atomic E-state index is 0.0837. The van der Waals surface area contributed by atoms with Crippen molar-refractivity contribution < 1.29 is 19.1 Å². The Morgan fingerprint density at radius 1 is 1.13 bits per heavy atom. The van der Waals surface area contributed by atoms with E-state index in [1.807, 2.05) is 6.07 Å². The van der Waals surface area contributed by atoms with Gasteiger partial charge in [-0.3, -0.25) is 4.79 Å². The lowest BCUT2D eigenvalue weighted by Gasteiger charge is -2.05. The van der Waals surface area contributed by atoms with Gasteiger partial charge in [0.1, 0.15) is 5.82 Å². The summed E-state index contributed by atoms with van der Waals surface area (Å²) in [6.45, 7) is 0.458. The first kappa shape index (κ1) is 16.5. The molecule has 2 aromatic rings. The Hall–Kier alpha value is -2.90. The van der Waals surface area contributed by atoms with Gasteiger partial charge in [-0.05, 0) is 30.3 Å². The van der Waals surface area contributed by atoms with Gasteiger partial charge < -0.3 is 15.7 Å². The van der Waals surface area contributed by atoms with Crippen molar-refractivity contribution in [3.63, 3.8) is 0 Å². The molecule has 0 aliphatic heterocycles. The molecular formula is C15H17FN4O3. The highest BCUT2D eigenvalue weighted by Crippen LogP contribution is 2.09. The molecule has 0 radical (unpaired) electrons. The Morgan fingerprint density at radius 3 is 2.52 bits per heavy atom. The first-order chi connectivity index (χ1) is 11.0. The first-order valence-corrected chi connectivity index (χ1v) is 7.08. The monoisotopic (exact) mass is 320 g/mol. The Labute approximate surface area is 132 Å². The first-order valence-electron chi connectivity index (χ1n) is 7.08. The van der Waals surface area contributed by atoms with E-state index in [0.717, 1.165) is 11.4 Å². The summed E-state index contributed by atoms with van der Waals surface area (Å²) in [6.07, 6.45) is 2.17. The molecule has 2 amide bonds. The average Bonchev–Trinajstić information content (AvgIpc) is 2.96. The molecule has 0 atom stereocenters. The van der Waals surface area contributed by atoms with Crippen LogP contribution in [0.25, 0.3) is 5.69 Å². The molecule has 23 heavy (non-hydrogen) atoms. The normalized spacial score (nSPS) is 10.3. The number of hydrogen-bond acceptors (Lipinski definition) is 3. The van der Waals surface area contributed by atoms with E-state index >= 15 is 0 Å². The maximum absolute atomic E-state index is 12.9. The number of carboxylic acid groups (broad SMARTS) is 1. The standard InChI is InChI=1S/C15H17FN4O3/c16-11-1-3-13(4-2-11)20-10-7-12(19-20)5-8-17-15(23)18-9-6-14(21)22/h1-4,7,10H,5-6,8-9H2,(H,21,22)(H2,17,18,23). The number of aromatic nitrogens is 2. The number of hydrogen-bond donors (Lipinski definition) is 3. The molecule has 0 saturated carbocycles. The van der Waals surface area contributed by atoms with Crippen molar-refractivity contribution in [1.29, 1.82) is 0 Å². The van der Waals surface area contributed by atoms with Gasteiger partial charge in [-0.2, -0.15) is 5.10 Å². The topological polar surface area (TPSA) is 96.3 Å². The quantitative estimate of drug-likeness (QED) is 0.717. The van der Waals surface area contributed by atoms with E-state index in [0.29, 0.717) is 13.0 Å². The number of rotatable bonds is 7. The van der Waals surface area contributed by atoms with Crippen LogP contribution < -0.4 is 10.6 Å². The van der Waals surface area contributed by atoms with Gasteiger partial charge >= 0.3 is 12.0 Å². The van der Waals surface area contributed by atoms with Crippen molar-refractivity contribution in [2.24, 2.45) is 0 Å². The van der Waals surface area contributed by atoms with Crippen LogP contribution in [0.5, 0.6) is 0 Å². The van der Waals surface area contributed by atoms with Crippen LogP contribution in [-0.4, -0.2) is 40.0 Å². The number of nitrogens with one attached hydrogen (secondary N) is 2. The molecule has 0 aliphatic rings. The van der Waals surface area contributed by atoms with E-state index in [2.05, 4.69) is 15.7 Å². The van der Waals surface area contributed by atoms with Gasteiger partial charge in [0.15, 0.2) is 0 Å². The lowest BCUT2D eigenvalue weighted by atomic mass is 10.3. The number of amides is 2. The molecule has 122 valence electrons. The second-order valence-electron chi connectivity index (χ2n) is 4.80. The molecule has 8 heteroatoms. The predicted octanol–water partition coefficient (Wildman–Crippen LogP) is 1.33. The van der Waals surface area contributed by atoms with Crippen LogP contribution in [0, 0.1) is 5.82 Å². The van der Waals surface area contributed by atoms with Gasteiger partial charge in [0.2, 0.25) is 0 Å². The summed E-state index contributed by atoms with van der Waals surface area (Å²) >= 11 is 0. The van der Waals surface area contributed by atoms with Gasteiger partial charge in [0.25, 0.3) is 0 Å². The van der Waals surface area contributed by atoms with E-state index < -0.39 is 12.0 Å². The smallest absolute Gasteiger partial charge is 0.314 e. The van der Waals surface area contributed by atoms with Crippen molar-refractivity contribution >= 4 is 12.0 Å². The van der Waals surface area contributed by atoms with Gasteiger partial charge in [-0.25, -0.2) is 13.9 Å². The van der Waals surface area contributed by atoms with Crippen molar-refractivity contribution in [1.82, 2.24) is 20.4 Å². The number of aliphatic carboxylic acids is 1. The van der Waals surface area contributed by atoms with Gasteiger partial charge in [-0.15, -0.1) is 0 Å². The summed E-state index contributed by atoms with van der Waals surface area (Å²) in [5, 5.41) is 17.9. The van der Waals surface area contributed by atoms with E-state index in [9.17, 15) is 14.0 Å². The molecule has 0 aliphatic carbocycles. The molecule has 0 unspecified atom stereocenters.